The van der Waals surface area contributed by atoms with Gasteiger partial charge in [0.25, 0.3) is 0 Å². The summed E-state index contributed by atoms with van der Waals surface area (Å²) in [5.74, 6) is -1.00. The Hall–Kier alpha value is -2.17. The Labute approximate surface area is 156 Å². The van der Waals surface area contributed by atoms with Crippen LogP contribution < -0.4 is 9.80 Å². The summed E-state index contributed by atoms with van der Waals surface area (Å²) in [5.41, 5.74) is 0.937. The predicted molar refractivity (Wildman–Crippen MR) is 101 cm³/mol. The number of benzene rings is 1. The van der Waals surface area contributed by atoms with Crippen molar-refractivity contribution in [1.82, 2.24) is 9.29 Å². The van der Waals surface area contributed by atoms with Gasteiger partial charge < -0.3 is 14.9 Å². The highest BCUT2D eigenvalue weighted by molar-refractivity contribution is 7.89. The van der Waals surface area contributed by atoms with Gasteiger partial charge in [-0.2, -0.15) is 4.31 Å². The van der Waals surface area contributed by atoms with Crippen LogP contribution in [-0.4, -0.2) is 69.1 Å². The van der Waals surface area contributed by atoms with E-state index >= 15 is 0 Å². The minimum absolute atomic E-state index is 0.177. The first kappa shape index (κ1) is 18.6. The minimum atomic E-state index is -3.54. The van der Waals surface area contributed by atoms with Crippen LogP contribution in [0, 0.1) is 0 Å². The number of hydrogen-bond acceptors (Lipinski definition) is 7. The smallest absolute Gasteiger partial charge is 0.347 e. The average molecular weight is 396 g/mol. The van der Waals surface area contributed by atoms with Crippen molar-refractivity contribution in [1.29, 1.82) is 0 Å². The molecule has 1 N–H and O–H groups in total. The molecule has 2 heterocycles. The average Bonchev–Trinajstić information content (AvgIpc) is 3.12. The summed E-state index contributed by atoms with van der Waals surface area (Å²) in [5, 5.41) is 9.59. The highest BCUT2D eigenvalue weighted by Gasteiger charge is 2.29. The molecule has 0 unspecified atom stereocenters. The quantitative estimate of drug-likeness (QED) is 0.817. The van der Waals surface area contributed by atoms with Gasteiger partial charge in [-0.05, 0) is 24.3 Å². The number of anilines is 2. The molecule has 10 heteroatoms. The molecule has 0 radical (unpaired) electrons. The van der Waals surface area contributed by atoms with Crippen molar-refractivity contribution in [3.63, 3.8) is 0 Å². The lowest BCUT2D eigenvalue weighted by atomic mass is 10.3. The zero-order valence-electron chi connectivity index (χ0n) is 14.5. The zero-order chi connectivity index (χ0) is 18.9. The number of thiazole rings is 1. The molecule has 1 aliphatic rings. The molecule has 0 amide bonds. The molecule has 2 aromatic rings. The molecule has 1 aromatic carbocycles. The van der Waals surface area contributed by atoms with Crippen LogP contribution in [0.25, 0.3) is 0 Å². The lowest BCUT2D eigenvalue weighted by Gasteiger charge is -2.33. The number of aromatic nitrogens is 1. The number of carboxylic acid groups (broad SMARTS) is 1. The third-order valence-corrected chi connectivity index (χ3v) is 7.16. The van der Waals surface area contributed by atoms with E-state index in [1.807, 2.05) is 23.9 Å². The lowest BCUT2D eigenvalue weighted by molar-refractivity contribution is 0.0702. The van der Waals surface area contributed by atoms with E-state index in [4.69, 9.17) is 5.11 Å². The van der Waals surface area contributed by atoms with Gasteiger partial charge in [0, 0.05) is 46.0 Å². The number of carbonyl (C=O) groups is 1. The Morgan fingerprint density at radius 1 is 1.15 bits per heavy atom. The summed E-state index contributed by atoms with van der Waals surface area (Å²) in [6, 6.07) is 6.81. The fourth-order valence-electron chi connectivity index (χ4n) is 2.70. The van der Waals surface area contributed by atoms with Crippen molar-refractivity contribution >= 4 is 38.1 Å². The Morgan fingerprint density at radius 3 is 2.27 bits per heavy atom. The molecule has 140 valence electrons. The topological polar surface area (TPSA) is 94.1 Å². The number of aromatic carboxylic acids is 1. The second kappa shape index (κ2) is 7.22. The van der Waals surface area contributed by atoms with Crippen molar-refractivity contribution in [3.05, 3.63) is 35.3 Å². The molecular formula is C16H20N4O4S2. The highest BCUT2D eigenvalue weighted by Crippen LogP contribution is 2.26. The van der Waals surface area contributed by atoms with E-state index in [9.17, 15) is 13.2 Å². The van der Waals surface area contributed by atoms with E-state index in [-0.39, 0.29) is 9.77 Å². The molecule has 3 rings (SSSR count). The fourth-order valence-corrected chi connectivity index (χ4v) is 4.92. The molecule has 0 aliphatic carbocycles. The third-order valence-electron chi connectivity index (χ3n) is 4.20. The summed E-state index contributed by atoms with van der Waals surface area (Å²) in [6.45, 7) is 1.61. The van der Waals surface area contributed by atoms with Crippen LogP contribution in [0.4, 0.5) is 10.8 Å². The van der Waals surface area contributed by atoms with Gasteiger partial charge in [0.1, 0.15) is 4.88 Å². The van der Waals surface area contributed by atoms with E-state index in [1.165, 1.54) is 10.5 Å². The van der Waals surface area contributed by atoms with E-state index in [0.29, 0.717) is 31.3 Å². The summed E-state index contributed by atoms with van der Waals surface area (Å²) in [4.78, 5) is 19.4. The summed E-state index contributed by atoms with van der Waals surface area (Å²) in [7, 11) is 0.259. The van der Waals surface area contributed by atoms with Gasteiger partial charge >= 0.3 is 5.97 Å². The summed E-state index contributed by atoms with van der Waals surface area (Å²) >= 11 is 1.10. The molecule has 0 atom stereocenters. The number of piperazine rings is 1. The monoisotopic (exact) mass is 396 g/mol. The molecule has 1 saturated heterocycles. The zero-order valence-corrected chi connectivity index (χ0v) is 16.1. The highest BCUT2D eigenvalue weighted by atomic mass is 32.2. The summed E-state index contributed by atoms with van der Waals surface area (Å²) in [6.07, 6.45) is 1.33. The molecule has 1 aromatic heterocycles. The van der Waals surface area contributed by atoms with Crippen molar-refractivity contribution < 1.29 is 18.3 Å². The molecule has 1 aliphatic heterocycles. The van der Waals surface area contributed by atoms with Gasteiger partial charge in [0.15, 0.2) is 5.13 Å². The second-order valence-electron chi connectivity index (χ2n) is 6.09. The van der Waals surface area contributed by atoms with E-state index in [2.05, 4.69) is 4.98 Å². The number of carboxylic acids is 1. The first-order valence-electron chi connectivity index (χ1n) is 8.00. The van der Waals surface area contributed by atoms with Crippen molar-refractivity contribution in [2.24, 2.45) is 0 Å². The molecule has 0 spiro atoms. The van der Waals surface area contributed by atoms with Crippen LogP contribution in [0.2, 0.25) is 0 Å². The number of nitrogens with zero attached hydrogens (tertiary/aromatic N) is 4. The van der Waals surface area contributed by atoms with E-state index in [0.717, 1.165) is 17.0 Å². The van der Waals surface area contributed by atoms with Gasteiger partial charge in [-0.3, -0.25) is 0 Å². The van der Waals surface area contributed by atoms with Gasteiger partial charge in [-0.1, -0.05) is 11.3 Å². The molecule has 8 nitrogen and oxygen atoms in total. The van der Waals surface area contributed by atoms with Crippen molar-refractivity contribution in [2.45, 2.75) is 4.90 Å². The normalized spacial score (nSPS) is 15.8. The Balaban J connectivity index is 1.69. The minimum Gasteiger partial charge on any atom is -0.477 e. The first-order chi connectivity index (χ1) is 12.3. The number of sulfonamides is 1. The Bertz CT molecular complexity index is 885. The fraction of sp³-hybridized carbons (Fsp3) is 0.375. The largest absolute Gasteiger partial charge is 0.477 e. The van der Waals surface area contributed by atoms with Gasteiger partial charge in [-0.15, -0.1) is 0 Å². The molecule has 0 bridgehead atoms. The van der Waals surface area contributed by atoms with E-state index < -0.39 is 16.0 Å². The summed E-state index contributed by atoms with van der Waals surface area (Å²) < 4.78 is 27.1. The first-order valence-corrected chi connectivity index (χ1v) is 10.3. The number of hydrogen-bond donors (Lipinski definition) is 1. The van der Waals surface area contributed by atoms with Crippen LogP contribution in [0.1, 0.15) is 9.67 Å². The van der Waals surface area contributed by atoms with Crippen LogP contribution in [0.3, 0.4) is 0 Å². The maximum absolute atomic E-state index is 12.8. The van der Waals surface area contributed by atoms with Crippen LogP contribution in [0.5, 0.6) is 0 Å². The molecular weight excluding hydrogens is 376 g/mol. The third kappa shape index (κ3) is 3.67. The molecule has 0 saturated carbocycles. The van der Waals surface area contributed by atoms with Crippen LogP contribution in [0.15, 0.2) is 35.4 Å². The van der Waals surface area contributed by atoms with Gasteiger partial charge in [-0.25, -0.2) is 18.2 Å². The number of rotatable bonds is 5. The standard InChI is InChI=1S/C16H20N4O4S2/c1-18(2)12-3-5-13(6-4-12)26(23,24)20-9-7-19(8-10-20)16-17-11-14(25-16)15(21)22/h3-6,11H,7-10H2,1-2H3,(H,21,22). The maximum atomic E-state index is 12.8. The van der Waals surface area contributed by atoms with E-state index in [1.54, 1.807) is 24.3 Å². The lowest BCUT2D eigenvalue weighted by Crippen LogP contribution is -2.48. The molecule has 1 fully saturated rings. The van der Waals surface area contributed by atoms with Crippen LogP contribution >= 0.6 is 11.3 Å². The Morgan fingerprint density at radius 2 is 1.77 bits per heavy atom. The van der Waals surface area contributed by atoms with Gasteiger partial charge in [0.2, 0.25) is 10.0 Å². The SMILES string of the molecule is CN(C)c1ccc(S(=O)(=O)N2CCN(c3ncc(C(=O)O)s3)CC2)cc1. The van der Waals surface area contributed by atoms with Crippen LogP contribution in [-0.2, 0) is 10.0 Å². The Kier molecular flexibility index (Phi) is 5.17. The predicted octanol–water partition coefficient (Wildman–Crippen LogP) is 1.42. The maximum Gasteiger partial charge on any atom is 0.347 e. The van der Waals surface area contributed by atoms with Crippen molar-refractivity contribution in [3.8, 4) is 0 Å². The second-order valence-corrected chi connectivity index (χ2v) is 9.04. The van der Waals surface area contributed by atoms with Gasteiger partial charge in [0.05, 0.1) is 11.1 Å². The van der Waals surface area contributed by atoms with Crippen molar-refractivity contribution in [2.75, 3.05) is 50.1 Å². The molecule has 26 heavy (non-hydrogen) atoms.